The summed E-state index contributed by atoms with van der Waals surface area (Å²) in [4.78, 5) is 17.8. The van der Waals surface area contributed by atoms with Gasteiger partial charge in [-0.05, 0) is 54.5 Å². The van der Waals surface area contributed by atoms with Gasteiger partial charge in [0, 0.05) is 28.7 Å². The largest absolute Gasteiger partial charge is 0.318 e. The smallest absolute Gasteiger partial charge is 0.186 e. The van der Waals surface area contributed by atoms with E-state index >= 15 is 0 Å². The molecule has 1 saturated heterocycles. The van der Waals surface area contributed by atoms with E-state index in [0.29, 0.717) is 15.0 Å². The number of thiazole rings is 1. The Hall–Kier alpha value is -2.96. The molecule has 30 heavy (non-hydrogen) atoms. The van der Waals surface area contributed by atoms with Crippen molar-refractivity contribution in [1.29, 1.82) is 5.41 Å². The minimum Gasteiger partial charge on any atom is -0.318 e. The molecule has 1 aliphatic rings. The van der Waals surface area contributed by atoms with Gasteiger partial charge in [-0.2, -0.15) is 0 Å². The number of carbonyl (C=O) groups is 1. The van der Waals surface area contributed by atoms with E-state index in [1.807, 2.05) is 23.6 Å². The highest BCUT2D eigenvalue weighted by Gasteiger charge is 2.38. The van der Waals surface area contributed by atoms with E-state index < -0.39 is 5.92 Å². The van der Waals surface area contributed by atoms with E-state index in [4.69, 9.17) is 5.41 Å². The number of aromatic nitrogens is 2. The molecule has 2 aromatic carbocycles. The third-order valence-corrected chi connectivity index (χ3v) is 7.27. The van der Waals surface area contributed by atoms with Crippen LogP contribution in [0, 0.1) is 19.3 Å². The van der Waals surface area contributed by atoms with Crippen molar-refractivity contribution >= 4 is 50.8 Å². The van der Waals surface area contributed by atoms with Crippen molar-refractivity contribution in [2.24, 2.45) is 0 Å². The third-order valence-electron chi connectivity index (χ3n) is 5.43. The second-order valence-electron chi connectivity index (χ2n) is 7.34. The van der Waals surface area contributed by atoms with E-state index in [1.54, 1.807) is 6.20 Å². The Morgan fingerprint density at radius 1 is 1.10 bits per heavy atom. The summed E-state index contributed by atoms with van der Waals surface area (Å²) in [5.74, 6) is -0.583. The second-order valence-corrected chi connectivity index (χ2v) is 9.35. The van der Waals surface area contributed by atoms with Crippen LogP contribution < -0.4 is 0 Å². The van der Waals surface area contributed by atoms with Gasteiger partial charge in [0.25, 0.3) is 0 Å². The number of allylic oxidation sites excluding steroid dienone is 1. The number of nitrogens with zero attached hydrogens (tertiary/aromatic N) is 2. The lowest BCUT2D eigenvalue weighted by atomic mass is 10.1. The summed E-state index contributed by atoms with van der Waals surface area (Å²) < 4.78 is 2.21. The predicted molar refractivity (Wildman–Crippen MR) is 126 cm³/mol. The van der Waals surface area contributed by atoms with Crippen molar-refractivity contribution in [2.75, 3.05) is 0 Å². The first-order chi connectivity index (χ1) is 14.5. The molecule has 0 aliphatic carbocycles. The van der Waals surface area contributed by atoms with Gasteiger partial charge in [-0.1, -0.05) is 42.1 Å². The standard InChI is InChI=1S/C24H19N3OS2/c1-14-11-18(13-20-22(28)21(23(25)30-20)24-26-9-10-29-24)15(2)27(14)19-8-7-16-5-3-4-6-17(16)12-19/h3-13,21,25H,1-2H3. The Morgan fingerprint density at radius 2 is 1.90 bits per heavy atom. The Morgan fingerprint density at radius 3 is 2.67 bits per heavy atom. The molecule has 0 radical (unpaired) electrons. The highest BCUT2D eigenvalue weighted by molar-refractivity contribution is 8.19. The molecule has 1 atom stereocenters. The summed E-state index contributed by atoms with van der Waals surface area (Å²) in [5.41, 5.74) is 4.29. The molecule has 148 valence electrons. The van der Waals surface area contributed by atoms with Gasteiger partial charge >= 0.3 is 0 Å². The normalized spacial score (nSPS) is 18.1. The highest BCUT2D eigenvalue weighted by Crippen LogP contribution is 2.41. The fourth-order valence-electron chi connectivity index (χ4n) is 3.98. The molecule has 0 saturated carbocycles. The zero-order valence-electron chi connectivity index (χ0n) is 16.5. The summed E-state index contributed by atoms with van der Waals surface area (Å²) in [5, 5.41) is 13.6. The summed E-state index contributed by atoms with van der Waals surface area (Å²) >= 11 is 2.68. The number of rotatable bonds is 3. The molecule has 4 aromatic rings. The minimum atomic E-state index is -0.551. The van der Waals surface area contributed by atoms with Crippen molar-refractivity contribution in [2.45, 2.75) is 19.8 Å². The first kappa shape index (κ1) is 19.0. The zero-order valence-corrected chi connectivity index (χ0v) is 18.2. The molecule has 1 fully saturated rings. The number of hydrogen-bond donors (Lipinski definition) is 1. The van der Waals surface area contributed by atoms with Gasteiger partial charge in [-0.25, -0.2) is 4.98 Å². The van der Waals surface area contributed by atoms with Crippen LogP contribution >= 0.6 is 23.1 Å². The van der Waals surface area contributed by atoms with E-state index in [-0.39, 0.29) is 5.78 Å². The average molecular weight is 430 g/mol. The molecule has 6 heteroatoms. The minimum absolute atomic E-state index is 0.0320. The molecule has 0 amide bonds. The molecular formula is C24H19N3OS2. The highest BCUT2D eigenvalue weighted by atomic mass is 32.2. The van der Waals surface area contributed by atoms with Crippen LogP contribution in [0.3, 0.4) is 0 Å². The predicted octanol–water partition coefficient (Wildman–Crippen LogP) is 6.12. The van der Waals surface area contributed by atoms with E-state index in [0.717, 1.165) is 22.6 Å². The lowest BCUT2D eigenvalue weighted by Crippen LogP contribution is -2.11. The van der Waals surface area contributed by atoms with E-state index in [1.165, 1.54) is 33.9 Å². The number of ketones is 1. The SMILES string of the molecule is Cc1cc(C=C2SC(=N)C(c3nccs3)C2=O)c(C)n1-c1ccc2ccccc2c1. The number of hydrogen-bond acceptors (Lipinski definition) is 5. The molecule has 3 heterocycles. The number of aryl methyl sites for hydroxylation is 1. The Bertz CT molecular complexity index is 1330. The molecule has 1 aliphatic heterocycles. The fraction of sp³-hybridized carbons (Fsp3) is 0.125. The van der Waals surface area contributed by atoms with E-state index in [9.17, 15) is 4.79 Å². The topological polar surface area (TPSA) is 58.7 Å². The van der Waals surface area contributed by atoms with Gasteiger partial charge in [-0.15, -0.1) is 11.3 Å². The molecule has 4 nitrogen and oxygen atoms in total. The van der Waals surface area contributed by atoms with Gasteiger partial charge in [-0.3, -0.25) is 10.2 Å². The van der Waals surface area contributed by atoms with Crippen LogP contribution in [0.4, 0.5) is 0 Å². The Kier molecular flexibility index (Phi) is 4.68. The molecular weight excluding hydrogens is 410 g/mol. The number of Topliss-reactive ketones (excluding diaryl/α,β-unsaturated/α-hetero) is 1. The van der Waals surface area contributed by atoms with Gasteiger partial charge in [0.05, 0.1) is 9.95 Å². The Labute approximate surface area is 182 Å². The summed E-state index contributed by atoms with van der Waals surface area (Å²) in [6.45, 7) is 4.15. The number of benzene rings is 2. The summed E-state index contributed by atoms with van der Waals surface area (Å²) in [7, 11) is 0. The molecule has 0 spiro atoms. The van der Waals surface area contributed by atoms with Crippen LogP contribution in [-0.2, 0) is 4.79 Å². The van der Waals surface area contributed by atoms with Gasteiger partial charge in [0.1, 0.15) is 10.9 Å². The van der Waals surface area contributed by atoms with Crippen molar-refractivity contribution in [3.05, 3.63) is 87.0 Å². The van der Waals surface area contributed by atoms with Crippen LogP contribution in [-0.4, -0.2) is 20.4 Å². The third kappa shape index (κ3) is 3.13. The maximum absolute atomic E-state index is 13.0. The van der Waals surface area contributed by atoms with Crippen molar-refractivity contribution in [1.82, 2.24) is 9.55 Å². The molecule has 0 bridgehead atoms. The van der Waals surface area contributed by atoms with E-state index in [2.05, 4.69) is 59.8 Å². The summed E-state index contributed by atoms with van der Waals surface area (Å²) in [6, 6.07) is 16.9. The van der Waals surface area contributed by atoms with Crippen LogP contribution in [0.25, 0.3) is 22.5 Å². The lowest BCUT2D eigenvalue weighted by Gasteiger charge is -2.11. The number of fused-ring (bicyclic) bond motifs is 1. The first-order valence-corrected chi connectivity index (χ1v) is 11.3. The van der Waals surface area contributed by atoms with Crippen molar-refractivity contribution < 1.29 is 4.79 Å². The van der Waals surface area contributed by atoms with Gasteiger partial charge < -0.3 is 4.57 Å². The van der Waals surface area contributed by atoms with Crippen LogP contribution in [0.1, 0.15) is 27.9 Å². The summed E-state index contributed by atoms with van der Waals surface area (Å²) in [6.07, 6.45) is 3.61. The molecule has 5 rings (SSSR count). The van der Waals surface area contributed by atoms with Crippen molar-refractivity contribution in [3.63, 3.8) is 0 Å². The first-order valence-electron chi connectivity index (χ1n) is 9.62. The lowest BCUT2D eigenvalue weighted by molar-refractivity contribution is -0.114. The molecule has 1 unspecified atom stereocenters. The zero-order chi connectivity index (χ0) is 20.8. The monoisotopic (exact) mass is 429 g/mol. The number of carbonyl (C=O) groups excluding carboxylic acids is 1. The number of nitrogens with one attached hydrogen (secondary N) is 1. The van der Waals surface area contributed by atoms with Crippen LogP contribution in [0.2, 0.25) is 0 Å². The van der Waals surface area contributed by atoms with Crippen molar-refractivity contribution in [3.8, 4) is 5.69 Å². The second kappa shape index (κ2) is 7.38. The van der Waals surface area contributed by atoms with Crippen LogP contribution in [0.15, 0.2) is 65.0 Å². The van der Waals surface area contributed by atoms with Crippen LogP contribution in [0.5, 0.6) is 0 Å². The maximum Gasteiger partial charge on any atom is 0.186 e. The quantitative estimate of drug-likeness (QED) is 0.399. The maximum atomic E-state index is 13.0. The fourth-order valence-corrected chi connectivity index (χ4v) is 5.78. The number of thioether (sulfide) groups is 1. The average Bonchev–Trinajstić information content (AvgIpc) is 3.42. The molecule has 2 aromatic heterocycles. The Balaban J connectivity index is 1.54. The van der Waals surface area contributed by atoms with Gasteiger partial charge in [0.2, 0.25) is 0 Å². The van der Waals surface area contributed by atoms with Gasteiger partial charge in [0.15, 0.2) is 5.78 Å². The molecule has 1 N–H and O–H groups in total.